The SMILES string of the molecule is CC(C)C(=O)OC[n+]1cccc(CN=C([O-])Nc2ccc(COc3ccccc3-c3ccccc3)cc2)c1. The second-order valence-corrected chi connectivity index (χ2v) is 9.07. The zero-order valence-corrected chi connectivity index (χ0v) is 21.5. The molecule has 7 heteroatoms. The molecule has 0 aliphatic carbocycles. The Morgan fingerprint density at radius 3 is 2.42 bits per heavy atom. The van der Waals surface area contributed by atoms with E-state index in [0.29, 0.717) is 12.3 Å². The van der Waals surface area contributed by atoms with E-state index in [4.69, 9.17) is 9.47 Å². The number of benzene rings is 3. The Labute approximate surface area is 223 Å². The van der Waals surface area contributed by atoms with Gasteiger partial charge in [0.15, 0.2) is 12.4 Å². The fourth-order valence-corrected chi connectivity index (χ4v) is 3.68. The Kier molecular flexibility index (Phi) is 9.07. The number of nitrogens with zero attached hydrogens (tertiary/aromatic N) is 2. The standard InChI is InChI=1S/C31H31N3O4/c1-23(2)30(35)38-22-34-18-8-9-25(20-34)19-32-31(36)33-27-16-14-24(15-17-27)21-37-29-13-7-6-12-28(29)26-10-4-3-5-11-26/h3-18,20,23H,19,21-22H2,1-2H3,(H-,32,33,36). The van der Waals surface area contributed by atoms with Crippen LogP contribution in [0, 0.1) is 5.92 Å². The maximum absolute atomic E-state index is 12.3. The predicted molar refractivity (Wildman–Crippen MR) is 145 cm³/mol. The number of carbonyl (C=O) groups is 1. The molecule has 1 N–H and O–H groups in total. The van der Waals surface area contributed by atoms with Crippen molar-refractivity contribution in [3.05, 3.63) is 115 Å². The molecule has 0 fully saturated rings. The smallest absolute Gasteiger partial charge is 0.313 e. The molecule has 7 nitrogen and oxygen atoms in total. The topological polar surface area (TPSA) is 86.9 Å². The van der Waals surface area contributed by atoms with Crippen LogP contribution in [-0.2, 0) is 29.4 Å². The van der Waals surface area contributed by atoms with E-state index in [1.54, 1.807) is 30.8 Å². The van der Waals surface area contributed by atoms with Crippen LogP contribution in [0.1, 0.15) is 25.0 Å². The lowest BCUT2D eigenvalue weighted by Crippen LogP contribution is -2.36. The minimum absolute atomic E-state index is 0.116. The summed E-state index contributed by atoms with van der Waals surface area (Å²) >= 11 is 0. The highest BCUT2D eigenvalue weighted by molar-refractivity contribution is 5.85. The van der Waals surface area contributed by atoms with Gasteiger partial charge in [-0.3, -0.25) is 9.79 Å². The van der Waals surface area contributed by atoms with Crippen LogP contribution in [0.3, 0.4) is 0 Å². The van der Waals surface area contributed by atoms with Gasteiger partial charge in [-0.15, -0.1) is 0 Å². The van der Waals surface area contributed by atoms with E-state index < -0.39 is 6.02 Å². The molecule has 0 spiro atoms. The second-order valence-electron chi connectivity index (χ2n) is 9.07. The molecule has 0 atom stereocenters. The van der Waals surface area contributed by atoms with Crippen molar-refractivity contribution in [3.63, 3.8) is 0 Å². The zero-order chi connectivity index (χ0) is 26.7. The molecule has 1 heterocycles. The van der Waals surface area contributed by atoms with Gasteiger partial charge in [0.1, 0.15) is 12.4 Å². The number of aliphatic imine (C=N–C) groups is 1. The summed E-state index contributed by atoms with van der Waals surface area (Å²) in [5, 5.41) is 15.1. The second kappa shape index (κ2) is 13.1. The zero-order valence-electron chi connectivity index (χ0n) is 21.5. The minimum Gasteiger partial charge on any atom is -0.846 e. The normalized spacial score (nSPS) is 11.3. The van der Waals surface area contributed by atoms with Crippen molar-refractivity contribution in [3.8, 4) is 16.9 Å². The third-order valence-electron chi connectivity index (χ3n) is 5.72. The van der Waals surface area contributed by atoms with Crippen LogP contribution in [0.2, 0.25) is 0 Å². The van der Waals surface area contributed by atoms with E-state index >= 15 is 0 Å². The van der Waals surface area contributed by atoms with Gasteiger partial charge in [-0.25, -0.2) is 0 Å². The summed E-state index contributed by atoms with van der Waals surface area (Å²) in [6, 6.07) is 28.8. The molecule has 1 aromatic heterocycles. The molecule has 0 saturated heterocycles. The monoisotopic (exact) mass is 509 g/mol. The Hall–Kier alpha value is -4.65. The number of carbonyl (C=O) groups excluding carboxylic acids is 1. The van der Waals surface area contributed by atoms with Crippen molar-refractivity contribution in [2.75, 3.05) is 5.32 Å². The van der Waals surface area contributed by atoms with Gasteiger partial charge in [0.2, 0.25) is 0 Å². The van der Waals surface area contributed by atoms with E-state index in [2.05, 4.69) is 22.4 Å². The highest BCUT2D eigenvalue weighted by Gasteiger charge is 2.11. The van der Waals surface area contributed by atoms with Crippen molar-refractivity contribution in [2.24, 2.45) is 10.9 Å². The van der Waals surface area contributed by atoms with Crippen molar-refractivity contribution in [1.82, 2.24) is 0 Å². The maximum atomic E-state index is 12.3. The van der Waals surface area contributed by atoms with Crippen molar-refractivity contribution in [2.45, 2.75) is 33.7 Å². The molecule has 0 radical (unpaired) electrons. The van der Waals surface area contributed by atoms with Crippen LogP contribution in [0.25, 0.3) is 11.1 Å². The summed E-state index contributed by atoms with van der Waals surface area (Å²) in [5.41, 5.74) is 4.60. The number of hydrogen-bond donors (Lipinski definition) is 1. The molecule has 4 rings (SSSR count). The number of pyridine rings is 1. The highest BCUT2D eigenvalue weighted by atomic mass is 16.5. The lowest BCUT2D eigenvalue weighted by atomic mass is 10.0. The molecular formula is C31H31N3O4. The number of amidine groups is 1. The first kappa shape index (κ1) is 26.4. The number of ether oxygens (including phenoxy) is 2. The number of aromatic nitrogens is 1. The van der Waals surface area contributed by atoms with Gasteiger partial charge >= 0.3 is 5.97 Å². The Balaban J connectivity index is 1.30. The molecule has 0 saturated carbocycles. The van der Waals surface area contributed by atoms with Crippen LogP contribution >= 0.6 is 0 Å². The van der Waals surface area contributed by atoms with Crippen molar-refractivity contribution >= 4 is 17.7 Å². The molecule has 194 valence electrons. The largest absolute Gasteiger partial charge is 0.846 e. The first-order valence-electron chi connectivity index (χ1n) is 12.5. The van der Waals surface area contributed by atoms with Crippen LogP contribution < -0.4 is 19.7 Å². The molecule has 0 aliphatic rings. The fraction of sp³-hybridized carbons (Fsp3) is 0.194. The average molecular weight is 510 g/mol. The van der Waals surface area contributed by atoms with Crippen molar-refractivity contribution < 1.29 is 23.9 Å². The van der Waals surface area contributed by atoms with E-state index in [0.717, 1.165) is 28.0 Å². The van der Waals surface area contributed by atoms with Gasteiger partial charge in [0.25, 0.3) is 6.73 Å². The van der Waals surface area contributed by atoms with Gasteiger partial charge in [-0.1, -0.05) is 74.5 Å². The molecule has 4 aromatic rings. The van der Waals surface area contributed by atoms with Crippen LogP contribution in [0.4, 0.5) is 5.69 Å². The molecule has 0 aliphatic heterocycles. The average Bonchev–Trinajstić information content (AvgIpc) is 2.95. The number of hydrogen-bond acceptors (Lipinski definition) is 5. The van der Waals surface area contributed by atoms with Crippen LogP contribution in [-0.4, -0.2) is 12.0 Å². The molecular weight excluding hydrogens is 478 g/mol. The molecule has 38 heavy (non-hydrogen) atoms. The summed E-state index contributed by atoms with van der Waals surface area (Å²) in [5.74, 6) is 0.368. The summed E-state index contributed by atoms with van der Waals surface area (Å²) in [7, 11) is 0. The summed E-state index contributed by atoms with van der Waals surface area (Å²) in [6.07, 6.45) is 3.60. The van der Waals surface area contributed by atoms with Crippen molar-refractivity contribution in [1.29, 1.82) is 0 Å². The first-order chi connectivity index (χ1) is 18.5. The minimum atomic E-state index is -0.438. The lowest BCUT2D eigenvalue weighted by molar-refractivity contribution is -0.728. The van der Waals surface area contributed by atoms with E-state index in [-0.39, 0.29) is 25.2 Å². The van der Waals surface area contributed by atoms with Crippen LogP contribution in [0.5, 0.6) is 5.75 Å². The van der Waals surface area contributed by atoms with E-state index in [1.807, 2.05) is 78.9 Å². The third kappa shape index (κ3) is 7.67. The number of para-hydroxylation sites is 1. The lowest BCUT2D eigenvalue weighted by Gasteiger charge is -2.15. The first-order valence-corrected chi connectivity index (χ1v) is 12.5. The number of anilines is 1. The number of rotatable bonds is 10. The van der Waals surface area contributed by atoms with E-state index in [9.17, 15) is 9.90 Å². The highest BCUT2D eigenvalue weighted by Crippen LogP contribution is 2.30. The summed E-state index contributed by atoms with van der Waals surface area (Å²) in [4.78, 5) is 15.8. The van der Waals surface area contributed by atoms with Gasteiger partial charge in [-0.05, 0) is 35.4 Å². The molecule has 0 amide bonds. The molecule has 0 unspecified atom stereocenters. The Bertz CT molecular complexity index is 1370. The Morgan fingerprint density at radius 1 is 0.921 bits per heavy atom. The third-order valence-corrected chi connectivity index (χ3v) is 5.72. The maximum Gasteiger partial charge on any atom is 0.313 e. The number of esters is 1. The predicted octanol–water partition coefficient (Wildman–Crippen LogP) is 4.71. The summed E-state index contributed by atoms with van der Waals surface area (Å²) < 4.78 is 13.1. The number of nitrogens with one attached hydrogen (secondary N) is 1. The Morgan fingerprint density at radius 2 is 1.66 bits per heavy atom. The van der Waals surface area contributed by atoms with Gasteiger partial charge < -0.3 is 19.9 Å². The van der Waals surface area contributed by atoms with Gasteiger partial charge in [0, 0.05) is 22.9 Å². The van der Waals surface area contributed by atoms with Crippen LogP contribution in [0.15, 0.2) is 108 Å². The van der Waals surface area contributed by atoms with E-state index in [1.165, 1.54) is 0 Å². The molecule has 3 aromatic carbocycles. The fourth-order valence-electron chi connectivity index (χ4n) is 3.68. The van der Waals surface area contributed by atoms with Gasteiger partial charge in [0.05, 0.1) is 18.5 Å². The van der Waals surface area contributed by atoms with Gasteiger partial charge in [-0.2, -0.15) is 4.57 Å². The summed E-state index contributed by atoms with van der Waals surface area (Å²) in [6.45, 7) is 4.30. The quantitative estimate of drug-likeness (QED) is 0.145. The molecule has 0 bridgehead atoms.